The maximum absolute atomic E-state index is 13.2. The van der Waals surface area contributed by atoms with Gasteiger partial charge in [0.1, 0.15) is 5.75 Å². The summed E-state index contributed by atoms with van der Waals surface area (Å²) >= 11 is 1.54. The first-order valence-corrected chi connectivity index (χ1v) is 13.4. The zero-order valence-electron chi connectivity index (χ0n) is 19.4. The highest BCUT2D eigenvalue weighted by Crippen LogP contribution is 2.36. The Hall–Kier alpha value is -2.06. The second kappa shape index (κ2) is 10.5. The predicted octanol–water partition coefficient (Wildman–Crippen LogP) is 4.72. The van der Waals surface area contributed by atoms with E-state index in [2.05, 4.69) is 19.7 Å². The fourth-order valence-electron chi connectivity index (χ4n) is 5.60. The standard InChI is InChI=1S/C25H34N4O3S/c1-31-20-13-11-18(12-14-20)24-26-27-25(29(24)19-7-3-2-4-8-19)33-17-23(30)28-15-16-32-22-10-6-5-9-21(22)28/h11-14,19,21-22H,2-10,15-17H2,1H3. The normalized spacial score (nSPS) is 23.8. The summed E-state index contributed by atoms with van der Waals surface area (Å²) in [4.78, 5) is 15.3. The van der Waals surface area contributed by atoms with Crippen LogP contribution in [0.1, 0.15) is 63.8 Å². The molecule has 7 nitrogen and oxygen atoms in total. The highest BCUT2D eigenvalue weighted by Gasteiger charge is 2.36. The molecular weight excluding hydrogens is 436 g/mol. The van der Waals surface area contributed by atoms with E-state index in [9.17, 15) is 4.79 Å². The van der Waals surface area contributed by atoms with E-state index in [0.29, 0.717) is 24.9 Å². The van der Waals surface area contributed by atoms with Crippen molar-refractivity contribution in [3.63, 3.8) is 0 Å². The maximum atomic E-state index is 13.2. The molecule has 0 N–H and O–H groups in total. The Labute approximate surface area is 200 Å². The van der Waals surface area contributed by atoms with Gasteiger partial charge in [0.25, 0.3) is 0 Å². The molecule has 8 heteroatoms. The van der Waals surface area contributed by atoms with Gasteiger partial charge in [-0.15, -0.1) is 10.2 Å². The van der Waals surface area contributed by atoms with Crippen LogP contribution in [-0.2, 0) is 9.53 Å². The Bertz CT molecular complexity index is 940. The summed E-state index contributed by atoms with van der Waals surface area (Å²) in [6, 6.07) is 8.63. The van der Waals surface area contributed by atoms with Crippen molar-refractivity contribution in [1.82, 2.24) is 19.7 Å². The lowest BCUT2D eigenvalue weighted by Crippen LogP contribution is -2.55. The van der Waals surface area contributed by atoms with Gasteiger partial charge >= 0.3 is 0 Å². The number of methoxy groups -OCH3 is 1. The number of ether oxygens (including phenoxy) is 2. The Morgan fingerprint density at radius 2 is 1.82 bits per heavy atom. The number of hydrogen-bond donors (Lipinski definition) is 0. The van der Waals surface area contributed by atoms with Crippen molar-refractivity contribution in [3.8, 4) is 17.1 Å². The fourth-order valence-corrected chi connectivity index (χ4v) is 6.49. The van der Waals surface area contributed by atoms with Crippen molar-refractivity contribution >= 4 is 17.7 Å². The third kappa shape index (κ3) is 4.92. The van der Waals surface area contributed by atoms with Crippen LogP contribution in [0, 0.1) is 0 Å². The van der Waals surface area contributed by atoms with Crippen LogP contribution >= 0.6 is 11.8 Å². The first kappa shape index (κ1) is 22.7. The van der Waals surface area contributed by atoms with E-state index >= 15 is 0 Å². The Morgan fingerprint density at radius 1 is 1.06 bits per heavy atom. The van der Waals surface area contributed by atoms with Gasteiger partial charge in [-0.2, -0.15) is 0 Å². The van der Waals surface area contributed by atoms with Crippen LogP contribution in [0.4, 0.5) is 0 Å². The molecule has 5 rings (SSSR count). The molecule has 2 unspecified atom stereocenters. The third-order valence-corrected chi connectivity index (χ3v) is 8.26. The highest BCUT2D eigenvalue weighted by molar-refractivity contribution is 7.99. The molecular formula is C25H34N4O3S. The lowest BCUT2D eigenvalue weighted by molar-refractivity contribution is -0.146. The summed E-state index contributed by atoms with van der Waals surface area (Å²) in [7, 11) is 1.68. The van der Waals surface area contributed by atoms with Gasteiger partial charge in [0.2, 0.25) is 5.91 Å². The van der Waals surface area contributed by atoms with E-state index in [0.717, 1.165) is 48.0 Å². The first-order valence-electron chi connectivity index (χ1n) is 12.4. The number of aromatic nitrogens is 3. The van der Waals surface area contributed by atoms with E-state index in [1.54, 1.807) is 7.11 Å². The van der Waals surface area contributed by atoms with Gasteiger partial charge in [0.15, 0.2) is 11.0 Å². The van der Waals surface area contributed by atoms with Crippen molar-refractivity contribution in [2.75, 3.05) is 26.0 Å². The van der Waals surface area contributed by atoms with Crippen LogP contribution in [0.25, 0.3) is 11.4 Å². The molecule has 2 aromatic rings. The van der Waals surface area contributed by atoms with E-state index < -0.39 is 0 Å². The number of fused-ring (bicyclic) bond motifs is 1. The van der Waals surface area contributed by atoms with E-state index in [1.807, 2.05) is 24.3 Å². The summed E-state index contributed by atoms with van der Waals surface area (Å²) in [5.74, 6) is 2.31. The smallest absolute Gasteiger partial charge is 0.233 e. The second-order valence-corrected chi connectivity index (χ2v) is 10.3. The quantitative estimate of drug-likeness (QED) is 0.569. The van der Waals surface area contributed by atoms with Gasteiger partial charge in [0.05, 0.1) is 31.6 Å². The van der Waals surface area contributed by atoms with Crippen LogP contribution in [-0.4, -0.2) is 63.7 Å². The number of carbonyl (C=O) groups is 1. The predicted molar refractivity (Wildman–Crippen MR) is 129 cm³/mol. The topological polar surface area (TPSA) is 69.5 Å². The zero-order chi connectivity index (χ0) is 22.6. The average Bonchev–Trinajstić information content (AvgIpc) is 3.31. The summed E-state index contributed by atoms with van der Waals surface area (Å²) in [5.41, 5.74) is 1.03. The van der Waals surface area contributed by atoms with Crippen molar-refractivity contribution in [3.05, 3.63) is 24.3 Å². The van der Waals surface area contributed by atoms with Crippen LogP contribution in [0.5, 0.6) is 5.75 Å². The van der Waals surface area contributed by atoms with Crippen molar-refractivity contribution in [1.29, 1.82) is 0 Å². The molecule has 33 heavy (non-hydrogen) atoms. The average molecular weight is 471 g/mol. The maximum Gasteiger partial charge on any atom is 0.233 e. The minimum Gasteiger partial charge on any atom is -0.497 e. The van der Waals surface area contributed by atoms with Crippen LogP contribution in [0.3, 0.4) is 0 Å². The molecule has 2 saturated carbocycles. The van der Waals surface area contributed by atoms with E-state index in [-0.39, 0.29) is 18.1 Å². The van der Waals surface area contributed by atoms with E-state index in [4.69, 9.17) is 9.47 Å². The van der Waals surface area contributed by atoms with Gasteiger partial charge in [-0.25, -0.2) is 0 Å². The lowest BCUT2D eigenvalue weighted by atomic mass is 9.90. The van der Waals surface area contributed by atoms with Crippen LogP contribution in [0.15, 0.2) is 29.4 Å². The molecule has 2 atom stereocenters. The summed E-state index contributed by atoms with van der Waals surface area (Å²) in [6.45, 7) is 1.35. The van der Waals surface area contributed by atoms with E-state index in [1.165, 1.54) is 43.9 Å². The number of morpholine rings is 1. The van der Waals surface area contributed by atoms with Crippen molar-refractivity contribution in [2.45, 2.75) is 81.1 Å². The Morgan fingerprint density at radius 3 is 2.61 bits per heavy atom. The number of thioether (sulfide) groups is 1. The monoisotopic (exact) mass is 470 g/mol. The molecule has 2 aliphatic carbocycles. The number of amides is 1. The third-order valence-electron chi connectivity index (χ3n) is 7.33. The molecule has 0 bridgehead atoms. The number of carbonyl (C=O) groups excluding carboxylic acids is 1. The molecule has 2 heterocycles. The number of hydrogen-bond acceptors (Lipinski definition) is 6. The zero-order valence-corrected chi connectivity index (χ0v) is 20.3. The molecule has 1 aromatic heterocycles. The van der Waals surface area contributed by atoms with Gasteiger partial charge in [-0.3, -0.25) is 9.36 Å². The van der Waals surface area contributed by atoms with Gasteiger partial charge < -0.3 is 14.4 Å². The number of benzene rings is 1. The van der Waals surface area contributed by atoms with Gasteiger partial charge in [-0.05, 0) is 49.9 Å². The number of nitrogens with zero attached hydrogens (tertiary/aromatic N) is 4. The molecule has 1 aliphatic heterocycles. The molecule has 178 valence electrons. The summed E-state index contributed by atoms with van der Waals surface area (Å²) < 4.78 is 13.6. The minimum atomic E-state index is 0.199. The summed E-state index contributed by atoms with van der Waals surface area (Å²) in [6.07, 6.45) is 10.7. The molecule has 3 fully saturated rings. The lowest BCUT2D eigenvalue weighted by Gasteiger charge is -2.43. The Kier molecular flexibility index (Phi) is 7.21. The fraction of sp³-hybridized carbons (Fsp3) is 0.640. The minimum absolute atomic E-state index is 0.199. The Balaban J connectivity index is 1.35. The number of rotatable bonds is 6. The molecule has 0 radical (unpaired) electrons. The molecule has 1 saturated heterocycles. The van der Waals surface area contributed by atoms with Gasteiger partial charge in [-0.1, -0.05) is 43.9 Å². The second-order valence-electron chi connectivity index (χ2n) is 9.33. The van der Waals surface area contributed by atoms with Crippen LogP contribution in [0.2, 0.25) is 0 Å². The van der Waals surface area contributed by atoms with Crippen LogP contribution < -0.4 is 4.74 Å². The SMILES string of the molecule is COc1ccc(-c2nnc(SCC(=O)N3CCOC4CCCCC43)n2C2CCCCC2)cc1. The first-order chi connectivity index (χ1) is 16.2. The van der Waals surface area contributed by atoms with Crippen molar-refractivity contribution in [2.24, 2.45) is 0 Å². The molecule has 1 aromatic carbocycles. The van der Waals surface area contributed by atoms with Gasteiger partial charge in [0, 0.05) is 18.2 Å². The van der Waals surface area contributed by atoms with Crippen molar-refractivity contribution < 1.29 is 14.3 Å². The highest BCUT2D eigenvalue weighted by atomic mass is 32.2. The summed E-state index contributed by atoms with van der Waals surface area (Å²) in [5, 5.41) is 9.99. The molecule has 0 spiro atoms. The molecule has 3 aliphatic rings. The largest absolute Gasteiger partial charge is 0.497 e. The molecule has 1 amide bonds.